The van der Waals surface area contributed by atoms with E-state index in [0.29, 0.717) is 19.8 Å². The smallest absolute Gasteiger partial charge is 0.189 e. The van der Waals surface area contributed by atoms with Crippen LogP contribution in [-0.4, -0.2) is 55.6 Å². The Labute approximate surface area is 162 Å². The molecule has 0 radical (unpaired) electrons. The summed E-state index contributed by atoms with van der Waals surface area (Å²) < 4.78 is 18.2. The van der Waals surface area contributed by atoms with Gasteiger partial charge in [0.15, 0.2) is 17.7 Å². The Bertz CT molecular complexity index is 610. The standard InChI is InChI=1S/C21H33N3O3/c1-13-7-25-16(22-13)19(4)10-20(5,17-23-14(2)8-26-17)12-21(6,11-19)18-24-15(3)9-27-18/h13-15H,7-12H2,1-6H3/t13-,14-,15-,19?,20?,21?/m0/s1. The van der Waals surface area contributed by atoms with E-state index in [2.05, 4.69) is 41.5 Å². The van der Waals surface area contributed by atoms with E-state index in [9.17, 15) is 0 Å². The molecular weight excluding hydrogens is 342 g/mol. The van der Waals surface area contributed by atoms with Crippen LogP contribution in [0.15, 0.2) is 15.0 Å². The summed E-state index contributed by atoms with van der Waals surface area (Å²) in [6.45, 7) is 15.1. The van der Waals surface area contributed by atoms with Gasteiger partial charge in [-0.25, -0.2) is 15.0 Å². The molecule has 0 bridgehead atoms. The molecule has 0 unspecified atom stereocenters. The number of hydrogen-bond donors (Lipinski definition) is 0. The Hall–Kier alpha value is -1.59. The number of nitrogens with zero attached hydrogens (tertiary/aromatic N) is 3. The molecule has 3 heterocycles. The van der Waals surface area contributed by atoms with E-state index in [-0.39, 0.29) is 34.4 Å². The summed E-state index contributed by atoms with van der Waals surface area (Å²) >= 11 is 0. The third-order valence-electron chi connectivity index (χ3n) is 6.29. The molecule has 27 heavy (non-hydrogen) atoms. The molecule has 0 spiro atoms. The molecule has 150 valence electrons. The lowest BCUT2D eigenvalue weighted by molar-refractivity contribution is 0.0652. The molecule has 0 aromatic heterocycles. The second kappa shape index (κ2) is 6.21. The third-order valence-corrected chi connectivity index (χ3v) is 6.29. The lowest BCUT2D eigenvalue weighted by atomic mass is 9.54. The lowest BCUT2D eigenvalue weighted by Crippen LogP contribution is -2.52. The Morgan fingerprint density at radius 2 is 0.852 bits per heavy atom. The zero-order valence-electron chi connectivity index (χ0n) is 17.5. The van der Waals surface area contributed by atoms with Crippen molar-refractivity contribution in [3.8, 4) is 0 Å². The van der Waals surface area contributed by atoms with Gasteiger partial charge in [-0.2, -0.15) is 0 Å². The van der Waals surface area contributed by atoms with Crippen molar-refractivity contribution in [3.05, 3.63) is 0 Å². The summed E-state index contributed by atoms with van der Waals surface area (Å²) in [5.74, 6) is 2.64. The summed E-state index contributed by atoms with van der Waals surface area (Å²) in [6, 6.07) is 0.657. The molecule has 0 amide bonds. The van der Waals surface area contributed by atoms with Gasteiger partial charge in [0.25, 0.3) is 0 Å². The average Bonchev–Trinajstić information content (AvgIpc) is 3.28. The first-order valence-corrected chi connectivity index (χ1v) is 10.3. The van der Waals surface area contributed by atoms with E-state index in [1.807, 2.05) is 0 Å². The van der Waals surface area contributed by atoms with Crippen LogP contribution in [0.4, 0.5) is 0 Å². The number of rotatable bonds is 3. The first-order chi connectivity index (χ1) is 12.6. The van der Waals surface area contributed by atoms with Crippen molar-refractivity contribution in [2.24, 2.45) is 31.2 Å². The van der Waals surface area contributed by atoms with E-state index in [1.165, 1.54) is 0 Å². The molecule has 1 saturated carbocycles. The number of ether oxygens (including phenoxy) is 3. The van der Waals surface area contributed by atoms with Gasteiger partial charge in [0.2, 0.25) is 0 Å². The third kappa shape index (κ3) is 3.25. The van der Waals surface area contributed by atoms with Crippen LogP contribution in [0.25, 0.3) is 0 Å². The molecule has 6 nitrogen and oxygen atoms in total. The topological polar surface area (TPSA) is 64.8 Å². The SMILES string of the molecule is C[C@H]1COC(C2(C)CC(C)(C3=N[C@@H](C)CO3)CC(C)(C3=N[C@@H](C)CO3)C2)=N1. The van der Waals surface area contributed by atoms with E-state index in [4.69, 9.17) is 29.2 Å². The van der Waals surface area contributed by atoms with E-state index < -0.39 is 0 Å². The fourth-order valence-corrected chi connectivity index (χ4v) is 5.64. The average molecular weight is 376 g/mol. The van der Waals surface area contributed by atoms with Crippen molar-refractivity contribution < 1.29 is 14.2 Å². The zero-order chi connectivity index (χ0) is 19.4. The predicted octanol–water partition coefficient (Wildman–Crippen LogP) is 3.64. The predicted molar refractivity (Wildman–Crippen MR) is 107 cm³/mol. The normalized spacial score (nSPS) is 46.9. The lowest BCUT2D eigenvalue weighted by Gasteiger charge is -2.51. The van der Waals surface area contributed by atoms with Gasteiger partial charge in [-0.3, -0.25) is 0 Å². The highest BCUT2D eigenvalue weighted by Gasteiger charge is 2.58. The van der Waals surface area contributed by atoms with Crippen LogP contribution < -0.4 is 0 Å². The Balaban J connectivity index is 1.74. The maximum absolute atomic E-state index is 6.05. The minimum absolute atomic E-state index is 0.193. The van der Waals surface area contributed by atoms with E-state index in [0.717, 1.165) is 37.0 Å². The first-order valence-electron chi connectivity index (χ1n) is 10.3. The van der Waals surface area contributed by atoms with Gasteiger partial charge in [0.05, 0.1) is 18.1 Å². The molecule has 6 heteroatoms. The Kier molecular flexibility index (Phi) is 4.32. The van der Waals surface area contributed by atoms with Crippen LogP contribution in [-0.2, 0) is 14.2 Å². The van der Waals surface area contributed by atoms with Gasteiger partial charge < -0.3 is 14.2 Å². The summed E-state index contributed by atoms with van der Waals surface area (Å²) in [6.07, 6.45) is 2.74. The zero-order valence-corrected chi connectivity index (χ0v) is 17.5. The van der Waals surface area contributed by atoms with E-state index in [1.54, 1.807) is 0 Å². The van der Waals surface area contributed by atoms with Crippen LogP contribution in [0.2, 0.25) is 0 Å². The Morgan fingerprint density at radius 3 is 1.04 bits per heavy atom. The molecular formula is C21H33N3O3. The minimum Gasteiger partial charge on any atom is -0.478 e. The largest absolute Gasteiger partial charge is 0.478 e. The van der Waals surface area contributed by atoms with Crippen molar-refractivity contribution >= 4 is 17.7 Å². The van der Waals surface area contributed by atoms with Crippen LogP contribution in [0.3, 0.4) is 0 Å². The second-order valence-corrected chi connectivity index (χ2v) is 10.00. The van der Waals surface area contributed by atoms with E-state index >= 15 is 0 Å². The number of hydrogen-bond acceptors (Lipinski definition) is 6. The molecule has 3 aliphatic heterocycles. The van der Waals surface area contributed by atoms with Crippen molar-refractivity contribution in [3.63, 3.8) is 0 Å². The molecule has 4 rings (SSSR count). The summed E-state index contributed by atoms with van der Waals surface area (Å²) in [4.78, 5) is 14.5. The monoisotopic (exact) mass is 375 g/mol. The Morgan fingerprint density at radius 1 is 0.593 bits per heavy atom. The molecule has 1 aliphatic carbocycles. The van der Waals surface area contributed by atoms with Crippen LogP contribution in [0, 0.1) is 16.2 Å². The van der Waals surface area contributed by atoms with Gasteiger partial charge >= 0.3 is 0 Å². The first kappa shape index (κ1) is 18.8. The highest BCUT2D eigenvalue weighted by molar-refractivity contribution is 5.92. The maximum Gasteiger partial charge on any atom is 0.189 e. The quantitative estimate of drug-likeness (QED) is 0.756. The number of aliphatic imine (C=N–C) groups is 3. The second-order valence-electron chi connectivity index (χ2n) is 10.00. The molecule has 0 N–H and O–H groups in total. The highest BCUT2D eigenvalue weighted by atomic mass is 16.5. The molecule has 4 aliphatic rings. The molecule has 0 aromatic rings. The van der Waals surface area contributed by atoms with Crippen LogP contribution >= 0.6 is 0 Å². The van der Waals surface area contributed by atoms with Crippen molar-refractivity contribution in [2.75, 3.05) is 19.8 Å². The fourth-order valence-electron chi connectivity index (χ4n) is 5.64. The maximum atomic E-state index is 6.05. The van der Waals surface area contributed by atoms with Crippen molar-refractivity contribution in [2.45, 2.75) is 78.9 Å². The van der Waals surface area contributed by atoms with Gasteiger partial charge in [0.1, 0.15) is 19.8 Å². The molecule has 3 atom stereocenters. The molecule has 0 saturated heterocycles. The highest BCUT2D eigenvalue weighted by Crippen LogP contribution is 2.57. The van der Waals surface area contributed by atoms with Crippen LogP contribution in [0.1, 0.15) is 60.8 Å². The van der Waals surface area contributed by atoms with Gasteiger partial charge in [-0.05, 0) is 40.0 Å². The summed E-state index contributed by atoms with van der Waals surface area (Å²) in [7, 11) is 0. The summed E-state index contributed by atoms with van der Waals surface area (Å²) in [5, 5.41) is 0. The fraction of sp³-hybridized carbons (Fsp3) is 0.857. The molecule has 1 fully saturated rings. The minimum atomic E-state index is -0.193. The van der Waals surface area contributed by atoms with Crippen molar-refractivity contribution in [1.82, 2.24) is 0 Å². The van der Waals surface area contributed by atoms with Crippen molar-refractivity contribution in [1.29, 1.82) is 0 Å². The van der Waals surface area contributed by atoms with Gasteiger partial charge in [-0.15, -0.1) is 0 Å². The summed E-state index contributed by atoms with van der Waals surface area (Å²) in [5.41, 5.74) is -0.578. The van der Waals surface area contributed by atoms with Gasteiger partial charge in [-0.1, -0.05) is 20.8 Å². The van der Waals surface area contributed by atoms with Crippen LogP contribution in [0.5, 0.6) is 0 Å². The van der Waals surface area contributed by atoms with Gasteiger partial charge in [0, 0.05) is 16.2 Å². The molecule has 0 aromatic carbocycles.